The molecule has 2 heterocycles. The first kappa shape index (κ1) is 16.3. The topological polar surface area (TPSA) is 102 Å². The largest absolute Gasteiger partial charge is 0.295 e. The molecule has 0 aliphatic rings. The molecule has 3 aromatic rings. The summed E-state index contributed by atoms with van der Waals surface area (Å²) in [5.41, 5.74) is 5.43. The van der Waals surface area contributed by atoms with Crippen LogP contribution in [0.15, 0.2) is 53.8 Å². The number of rotatable bonds is 4. The molecule has 1 amide bonds. The van der Waals surface area contributed by atoms with Gasteiger partial charge in [-0.3, -0.25) is 19.3 Å². The summed E-state index contributed by atoms with van der Waals surface area (Å²) in [6, 6.07) is 11.4. The standard InChI is InChI=1S/C17H15N5O3/c1-11(13-6-8-14(9-7-13)22(24)25)19-20-17(23)16-12(2)18-15-5-3-4-10-21(15)16/h3-10H,1-2H3,(H,20,23)/b19-11-. The molecule has 0 bridgehead atoms. The molecule has 8 heteroatoms. The Bertz CT molecular complexity index is 989. The average Bonchev–Trinajstić information content (AvgIpc) is 2.95. The number of aryl methyl sites for hydroxylation is 1. The molecule has 2 aromatic heterocycles. The Morgan fingerprint density at radius 1 is 1.24 bits per heavy atom. The highest BCUT2D eigenvalue weighted by Gasteiger charge is 2.16. The van der Waals surface area contributed by atoms with E-state index in [1.54, 1.807) is 36.6 Å². The minimum atomic E-state index is -0.467. The fourth-order valence-electron chi connectivity index (χ4n) is 2.46. The number of carbonyl (C=O) groups is 1. The van der Waals surface area contributed by atoms with Crippen LogP contribution in [0.4, 0.5) is 5.69 Å². The summed E-state index contributed by atoms with van der Waals surface area (Å²) in [4.78, 5) is 27.0. The molecule has 0 atom stereocenters. The molecule has 0 aliphatic carbocycles. The lowest BCUT2D eigenvalue weighted by molar-refractivity contribution is -0.384. The van der Waals surface area contributed by atoms with Crippen LogP contribution < -0.4 is 5.43 Å². The molecule has 0 saturated heterocycles. The number of amides is 1. The van der Waals surface area contributed by atoms with E-state index < -0.39 is 4.92 Å². The summed E-state index contributed by atoms with van der Waals surface area (Å²) < 4.78 is 1.70. The number of hydrogen-bond acceptors (Lipinski definition) is 5. The Kier molecular flexibility index (Phi) is 4.25. The van der Waals surface area contributed by atoms with Gasteiger partial charge in [-0.05, 0) is 43.7 Å². The Hall–Kier alpha value is -3.55. The molecule has 0 radical (unpaired) electrons. The highest BCUT2D eigenvalue weighted by molar-refractivity contribution is 6.01. The first-order valence-electron chi connectivity index (χ1n) is 7.50. The Morgan fingerprint density at radius 3 is 2.64 bits per heavy atom. The maximum atomic E-state index is 12.5. The molecular weight excluding hydrogens is 322 g/mol. The van der Waals surface area contributed by atoms with E-state index >= 15 is 0 Å². The van der Waals surface area contributed by atoms with Crippen molar-refractivity contribution in [3.05, 3.63) is 75.7 Å². The summed E-state index contributed by atoms with van der Waals surface area (Å²) in [7, 11) is 0. The predicted octanol–water partition coefficient (Wildman–Crippen LogP) is 2.70. The molecule has 1 aromatic carbocycles. The van der Waals surface area contributed by atoms with Gasteiger partial charge >= 0.3 is 0 Å². The molecule has 0 spiro atoms. The Balaban J connectivity index is 1.81. The normalized spacial score (nSPS) is 11.5. The van der Waals surface area contributed by atoms with E-state index in [1.807, 2.05) is 18.2 Å². The molecule has 1 N–H and O–H groups in total. The fraction of sp³-hybridized carbons (Fsp3) is 0.118. The monoisotopic (exact) mass is 337 g/mol. The van der Waals surface area contributed by atoms with Gasteiger partial charge in [0.25, 0.3) is 11.6 Å². The first-order chi connectivity index (χ1) is 12.0. The van der Waals surface area contributed by atoms with Crippen LogP contribution in [0.3, 0.4) is 0 Å². The van der Waals surface area contributed by atoms with E-state index in [2.05, 4.69) is 15.5 Å². The van der Waals surface area contributed by atoms with E-state index in [1.165, 1.54) is 12.1 Å². The van der Waals surface area contributed by atoms with Crippen molar-refractivity contribution in [3.63, 3.8) is 0 Å². The van der Waals surface area contributed by atoms with Crippen LogP contribution in [-0.4, -0.2) is 25.9 Å². The highest BCUT2D eigenvalue weighted by Crippen LogP contribution is 2.13. The second-order valence-corrected chi connectivity index (χ2v) is 5.42. The third-order valence-electron chi connectivity index (χ3n) is 3.74. The van der Waals surface area contributed by atoms with Crippen LogP contribution >= 0.6 is 0 Å². The second kappa shape index (κ2) is 6.52. The van der Waals surface area contributed by atoms with Gasteiger partial charge in [0, 0.05) is 18.3 Å². The molecule has 3 rings (SSSR count). The van der Waals surface area contributed by atoms with Crippen LogP contribution in [0.5, 0.6) is 0 Å². The lowest BCUT2D eigenvalue weighted by Gasteiger charge is -2.04. The molecule has 0 saturated carbocycles. The van der Waals surface area contributed by atoms with E-state index in [-0.39, 0.29) is 11.6 Å². The van der Waals surface area contributed by atoms with E-state index in [9.17, 15) is 14.9 Å². The first-order valence-corrected chi connectivity index (χ1v) is 7.50. The SMILES string of the molecule is C/C(=N/NC(=O)c1c(C)nc2ccccn12)c1ccc([N+](=O)[O-])cc1. The number of benzene rings is 1. The van der Waals surface area contributed by atoms with Gasteiger partial charge in [-0.25, -0.2) is 10.4 Å². The van der Waals surface area contributed by atoms with E-state index in [0.717, 1.165) is 0 Å². The molecular formula is C17H15N5O3. The van der Waals surface area contributed by atoms with Crippen molar-refractivity contribution in [1.29, 1.82) is 0 Å². The van der Waals surface area contributed by atoms with Gasteiger partial charge in [0.2, 0.25) is 0 Å². The van der Waals surface area contributed by atoms with Gasteiger partial charge in [0.05, 0.1) is 16.3 Å². The minimum Gasteiger partial charge on any atom is -0.295 e. The minimum absolute atomic E-state index is 0.00180. The molecule has 0 fully saturated rings. The lowest BCUT2D eigenvalue weighted by Crippen LogP contribution is -2.21. The second-order valence-electron chi connectivity index (χ2n) is 5.42. The summed E-state index contributed by atoms with van der Waals surface area (Å²) in [6.45, 7) is 3.47. The van der Waals surface area contributed by atoms with Crippen LogP contribution in [0.1, 0.15) is 28.7 Å². The number of nitrogens with zero attached hydrogens (tertiary/aromatic N) is 4. The van der Waals surface area contributed by atoms with Crippen LogP contribution in [0.25, 0.3) is 5.65 Å². The van der Waals surface area contributed by atoms with Crippen LogP contribution in [0, 0.1) is 17.0 Å². The van der Waals surface area contributed by atoms with Crippen molar-refractivity contribution in [2.24, 2.45) is 5.10 Å². The molecule has 8 nitrogen and oxygen atoms in total. The van der Waals surface area contributed by atoms with Gasteiger partial charge < -0.3 is 0 Å². The van der Waals surface area contributed by atoms with Gasteiger partial charge in [-0.15, -0.1) is 0 Å². The number of pyridine rings is 1. The van der Waals surface area contributed by atoms with E-state index in [0.29, 0.717) is 28.3 Å². The van der Waals surface area contributed by atoms with Gasteiger partial charge in [0.15, 0.2) is 0 Å². The number of nitrogens with one attached hydrogen (secondary N) is 1. The third-order valence-corrected chi connectivity index (χ3v) is 3.74. The van der Waals surface area contributed by atoms with Crippen LogP contribution in [0.2, 0.25) is 0 Å². The number of carbonyl (C=O) groups excluding carboxylic acids is 1. The van der Waals surface area contributed by atoms with Gasteiger partial charge in [-0.1, -0.05) is 6.07 Å². The third kappa shape index (κ3) is 3.23. The summed E-state index contributed by atoms with van der Waals surface area (Å²) in [5.74, 6) is -0.377. The molecule has 0 aliphatic heterocycles. The van der Waals surface area contributed by atoms with Crippen LogP contribution in [-0.2, 0) is 0 Å². The van der Waals surface area contributed by atoms with Crippen molar-refractivity contribution in [2.45, 2.75) is 13.8 Å². The van der Waals surface area contributed by atoms with E-state index in [4.69, 9.17) is 0 Å². The number of fused-ring (bicyclic) bond motifs is 1. The van der Waals surface area contributed by atoms with Gasteiger partial charge in [0.1, 0.15) is 11.3 Å². The van der Waals surface area contributed by atoms with Crippen molar-refractivity contribution >= 4 is 23.0 Å². The summed E-state index contributed by atoms with van der Waals surface area (Å²) in [6.07, 6.45) is 1.76. The number of hydrazone groups is 1. The zero-order chi connectivity index (χ0) is 18.0. The zero-order valence-electron chi connectivity index (χ0n) is 13.6. The zero-order valence-corrected chi connectivity index (χ0v) is 13.6. The van der Waals surface area contributed by atoms with Crippen molar-refractivity contribution < 1.29 is 9.72 Å². The number of non-ortho nitro benzene ring substituents is 1. The van der Waals surface area contributed by atoms with Crippen molar-refractivity contribution in [1.82, 2.24) is 14.8 Å². The Morgan fingerprint density at radius 2 is 1.96 bits per heavy atom. The predicted molar refractivity (Wildman–Crippen MR) is 92.7 cm³/mol. The Labute approximate surface area is 143 Å². The fourth-order valence-corrected chi connectivity index (χ4v) is 2.46. The van der Waals surface area contributed by atoms with Crippen molar-refractivity contribution in [2.75, 3.05) is 0 Å². The number of nitro groups is 1. The number of nitro benzene ring substituents is 1. The highest BCUT2D eigenvalue weighted by atomic mass is 16.6. The summed E-state index contributed by atoms with van der Waals surface area (Å²) >= 11 is 0. The molecule has 25 heavy (non-hydrogen) atoms. The summed E-state index contributed by atoms with van der Waals surface area (Å²) in [5, 5.41) is 14.8. The maximum absolute atomic E-state index is 12.5. The van der Waals surface area contributed by atoms with Crippen molar-refractivity contribution in [3.8, 4) is 0 Å². The molecule has 126 valence electrons. The number of hydrogen-bond donors (Lipinski definition) is 1. The van der Waals surface area contributed by atoms with Gasteiger partial charge in [-0.2, -0.15) is 5.10 Å². The quantitative estimate of drug-likeness (QED) is 0.449. The number of imidazole rings is 1. The molecule has 0 unspecified atom stereocenters. The average molecular weight is 337 g/mol. The lowest BCUT2D eigenvalue weighted by atomic mass is 10.1. The smallest absolute Gasteiger partial charge is 0.290 e. The maximum Gasteiger partial charge on any atom is 0.290 e. The number of aromatic nitrogens is 2.